The maximum Gasteiger partial charge on any atom is 0.220 e. The predicted octanol–water partition coefficient (Wildman–Crippen LogP) is 2.41. The van der Waals surface area contributed by atoms with Crippen LogP contribution in [0.15, 0.2) is 4.99 Å². The predicted molar refractivity (Wildman–Crippen MR) is 102 cm³/mol. The summed E-state index contributed by atoms with van der Waals surface area (Å²) in [6.45, 7) is 3.12. The van der Waals surface area contributed by atoms with E-state index < -0.39 is 0 Å². The second-order valence-corrected chi connectivity index (χ2v) is 6.55. The maximum atomic E-state index is 11.6. The summed E-state index contributed by atoms with van der Waals surface area (Å²) < 4.78 is 0. The van der Waals surface area contributed by atoms with Gasteiger partial charge in [0, 0.05) is 32.1 Å². The molecule has 2 saturated carbocycles. The molecule has 2 aliphatic carbocycles. The van der Waals surface area contributed by atoms with Gasteiger partial charge in [-0.2, -0.15) is 0 Å². The number of hydrogen-bond acceptors (Lipinski definition) is 2. The van der Waals surface area contributed by atoms with Crippen molar-refractivity contribution in [1.29, 1.82) is 0 Å². The lowest BCUT2D eigenvalue weighted by Gasteiger charge is -2.28. The monoisotopic (exact) mass is 422 g/mol. The first kappa shape index (κ1) is 19.5. The van der Waals surface area contributed by atoms with Crippen molar-refractivity contribution in [2.24, 2.45) is 10.9 Å². The van der Waals surface area contributed by atoms with E-state index in [0.717, 1.165) is 37.7 Å². The molecule has 2 aliphatic rings. The van der Waals surface area contributed by atoms with E-state index in [9.17, 15) is 4.79 Å². The fourth-order valence-electron chi connectivity index (χ4n) is 2.78. The van der Waals surface area contributed by atoms with Crippen LogP contribution in [0.3, 0.4) is 0 Å². The van der Waals surface area contributed by atoms with Gasteiger partial charge in [0.25, 0.3) is 0 Å². The third-order valence-electron chi connectivity index (χ3n) is 4.40. The van der Waals surface area contributed by atoms with Gasteiger partial charge in [-0.3, -0.25) is 9.79 Å². The molecule has 3 N–H and O–H groups in total. The highest BCUT2D eigenvalue weighted by Gasteiger charge is 2.22. The molecule has 0 aromatic rings. The van der Waals surface area contributed by atoms with Crippen molar-refractivity contribution >= 4 is 35.8 Å². The number of amides is 1. The Morgan fingerprint density at radius 1 is 1.05 bits per heavy atom. The summed E-state index contributed by atoms with van der Waals surface area (Å²) >= 11 is 0. The summed E-state index contributed by atoms with van der Waals surface area (Å²) in [5.41, 5.74) is 0. The lowest BCUT2D eigenvalue weighted by Crippen LogP contribution is -2.45. The van der Waals surface area contributed by atoms with Crippen molar-refractivity contribution in [3.8, 4) is 0 Å². The minimum Gasteiger partial charge on any atom is -0.356 e. The molecule has 2 rings (SSSR count). The fraction of sp³-hybridized carbons (Fsp3) is 0.875. The molecule has 22 heavy (non-hydrogen) atoms. The van der Waals surface area contributed by atoms with Crippen LogP contribution < -0.4 is 16.0 Å². The molecule has 0 aliphatic heterocycles. The minimum atomic E-state index is 0. The molecule has 0 radical (unpaired) electrons. The number of aliphatic imine (C=N–C) groups is 1. The van der Waals surface area contributed by atoms with Crippen LogP contribution in [0.4, 0.5) is 0 Å². The van der Waals surface area contributed by atoms with Crippen LogP contribution in [0.1, 0.15) is 58.3 Å². The number of carbonyl (C=O) groups excluding carboxylic acids is 1. The minimum absolute atomic E-state index is 0. The Hall–Kier alpha value is -0.530. The molecule has 0 atom stereocenters. The van der Waals surface area contributed by atoms with E-state index in [-0.39, 0.29) is 29.9 Å². The highest BCUT2D eigenvalue weighted by molar-refractivity contribution is 14.0. The zero-order chi connectivity index (χ0) is 15.1. The van der Waals surface area contributed by atoms with Crippen molar-refractivity contribution in [1.82, 2.24) is 16.0 Å². The highest BCUT2D eigenvalue weighted by Crippen LogP contribution is 2.23. The van der Waals surface area contributed by atoms with Gasteiger partial charge < -0.3 is 16.0 Å². The summed E-state index contributed by atoms with van der Waals surface area (Å²) in [4.78, 5) is 15.8. The lowest BCUT2D eigenvalue weighted by atomic mass is 9.87. The fourth-order valence-corrected chi connectivity index (χ4v) is 2.78. The van der Waals surface area contributed by atoms with Gasteiger partial charge in [-0.1, -0.05) is 6.92 Å². The van der Waals surface area contributed by atoms with Gasteiger partial charge in [-0.25, -0.2) is 0 Å². The van der Waals surface area contributed by atoms with Gasteiger partial charge in [0.15, 0.2) is 5.96 Å². The first-order chi connectivity index (χ1) is 10.2. The maximum absolute atomic E-state index is 11.6. The molecule has 0 saturated heterocycles. The Balaban J connectivity index is 0.00000242. The molecule has 0 aromatic carbocycles. The summed E-state index contributed by atoms with van der Waals surface area (Å²) in [6, 6.07) is 1.01. The van der Waals surface area contributed by atoms with Gasteiger partial charge in [0.1, 0.15) is 0 Å². The number of rotatable bonds is 6. The molecule has 6 heteroatoms. The highest BCUT2D eigenvalue weighted by atomic mass is 127. The molecule has 0 unspecified atom stereocenters. The van der Waals surface area contributed by atoms with Crippen LogP contribution in [-0.2, 0) is 4.79 Å². The number of guanidine groups is 1. The van der Waals surface area contributed by atoms with E-state index >= 15 is 0 Å². The van der Waals surface area contributed by atoms with Crippen molar-refractivity contribution in [2.45, 2.75) is 70.4 Å². The third kappa shape index (κ3) is 7.65. The van der Waals surface area contributed by atoms with Crippen LogP contribution in [0.5, 0.6) is 0 Å². The van der Waals surface area contributed by atoms with Crippen LogP contribution in [0, 0.1) is 5.92 Å². The van der Waals surface area contributed by atoms with Crippen molar-refractivity contribution < 1.29 is 4.79 Å². The molecule has 0 bridgehead atoms. The van der Waals surface area contributed by atoms with Crippen molar-refractivity contribution in [3.63, 3.8) is 0 Å². The molecule has 5 nitrogen and oxygen atoms in total. The van der Waals surface area contributed by atoms with Crippen LogP contribution in [0.25, 0.3) is 0 Å². The van der Waals surface area contributed by atoms with E-state index in [1.165, 1.54) is 25.7 Å². The van der Waals surface area contributed by atoms with Crippen LogP contribution >= 0.6 is 24.0 Å². The molecular weight excluding hydrogens is 391 g/mol. The van der Waals surface area contributed by atoms with Crippen LogP contribution in [-0.4, -0.2) is 37.5 Å². The van der Waals surface area contributed by atoms with E-state index in [2.05, 4.69) is 27.9 Å². The van der Waals surface area contributed by atoms with Gasteiger partial charge in [-0.05, 0) is 50.9 Å². The standard InChI is InChI=1S/C16H30N4O.HI/c1-12-5-7-14(8-6-12)20-16(17-2)18-11-3-4-15(21)19-13-9-10-13;/h12-14H,3-11H2,1-2H3,(H,19,21)(H2,17,18,20);1H. The molecule has 0 heterocycles. The molecule has 1 amide bonds. The summed E-state index contributed by atoms with van der Waals surface area (Å²) in [5.74, 6) is 1.92. The van der Waals surface area contributed by atoms with Gasteiger partial charge in [0.05, 0.1) is 0 Å². The van der Waals surface area contributed by atoms with E-state index in [4.69, 9.17) is 0 Å². The quantitative estimate of drug-likeness (QED) is 0.267. The normalized spacial score (nSPS) is 25.1. The Bertz CT molecular complexity index is 363. The molecule has 128 valence electrons. The van der Waals surface area contributed by atoms with E-state index in [1.54, 1.807) is 7.05 Å². The summed E-state index contributed by atoms with van der Waals surface area (Å²) in [6.07, 6.45) is 8.81. The first-order valence-corrected chi connectivity index (χ1v) is 8.44. The number of carbonyl (C=O) groups is 1. The second kappa shape index (κ2) is 10.3. The number of halogens is 1. The smallest absolute Gasteiger partial charge is 0.220 e. The lowest BCUT2D eigenvalue weighted by molar-refractivity contribution is -0.121. The van der Waals surface area contributed by atoms with E-state index in [0.29, 0.717) is 18.5 Å². The van der Waals surface area contributed by atoms with Gasteiger partial charge in [0.2, 0.25) is 5.91 Å². The average Bonchev–Trinajstić information content (AvgIpc) is 3.28. The van der Waals surface area contributed by atoms with Gasteiger partial charge >= 0.3 is 0 Å². The number of nitrogens with zero attached hydrogens (tertiary/aromatic N) is 1. The Morgan fingerprint density at radius 3 is 2.23 bits per heavy atom. The molecule has 2 fully saturated rings. The summed E-state index contributed by atoms with van der Waals surface area (Å²) in [7, 11) is 1.81. The summed E-state index contributed by atoms with van der Waals surface area (Å²) in [5, 5.41) is 9.82. The van der Waals surface area contributed by atoms with Crippen LogP contribution in [0.2, 0.25) is 0 Å². The molecule has 0 aromatic heterocycles. The Labute approximate surface area is 151 Å². The van der Waals surface area contributed by atoms with Gasteiger partial charge in [-0.15, -0.1) is 24.0 Å². The molecule has 0 spiro atoms. The average molecular weight is 422 g/mol. The zero-order valence-electron chi connectivity index (χ0n) is 13.9. The number of hydrogen-bond donors (Lipinski definition) is 3. The molecular formula is C16H31IN4O. The number of nitrogens with one attached hydrogen (secondary N) is 3. The van der Waals surface area contributed by atoms with E-state index in [1.807, 2.05) is 0 Å². The SMILES string of the molecule is CN=C(NCCCC(=O)NC1CC1)NC1CCC(C)CC1.I. The Morgan fingerprint density at radius 2 is 1.64 bits per heavy atom. The second-order valence-electron chi connectivity index (χ2n) is 6.55. The Kier molecular flexibility index (Phi) is 9.12. The third-order valence-corrected chi connectivity index (χ3v) is 4.40. The zero-order valence-corrected chi connectivity index (χ0v) is 16.2. The van der Waals surface area contributed by atoms with Crippen molar-refractivity contribution in [3.05, 3.63) is 0 Å². The topological polar surface area (TPSA) is 65.5 Å². The largest absolute Gasteiger partial charge is 0.356 e. The first-order valence-electron chi connectivity index (χ1n) is 8.44. The van der Waals surface area contributed by atoms with Crippen molar-refractivity contribution in [2.75, 3.05) is 13.6 Å².